The number of carbonyl (C=O) groups excluding carboxylic acids is 3. The van der Waals surface area contributed by atoms with Gasteiger partial charge >= 0.3 is 11.9 Å². The van der Waals surface area contributed by atoms with Gasteiger partial charge in [-0.2, -0.15) is 0 Å². The van der Waals surface area contributed by atoms with Gasteiger partial charge in [0.15, 0.2) is 0 Å². The molecule has 0 aliphatic carbocycles. The molecule has 1 aromatic heterocycles. The van der Waals surface area contributed by atoms with Crippen LogP contribution in [0, 0.1) is 0 Å². The van der Waals surface area contributed by atoms with Crippen LogP contribution in [0.25, 0.3) is 10.9 Å². The van der Waals surface area contributed by atoms with Crippen LogP contribution >= 0.6 is 0 Å². The first-order valence-corrected chi connectivity index (χ1v) is 12.0. The zero-order chi connectivity index (χ0) is 28.2. The number of hydrogen-bond acceptors (Lipinski definition) is 8. The monoisotopic (exact) mass is 534 g/mol. The van der Waals surface area contributed by atoms with Gasteiger partial charge < -0.3 is 47.7 Å². The molecular formula is C24H34N6O8. The summed E-state index contributed by atoms with van der Waals surface area (Å²) in [6, 6.07) is 1.58. The Morgan fingerprint density at radius 3 is 2.16 bits per heavy atom. The minimum atomic E-state index is -1.61. The maximum absolute atomic E-state index is 12.7. The summed E-state index contributed by atoms with van der Waals surface area (Å²) in [5.74, 6) is -5.58. The van der Waals surface area contributed by atoms with E-state index >= 15 is 0 Å². The van der Waals surface area contributed by atoms with Crippen molar-refractivity contribution in [2.75, 3.05) is 13.2 Å². The highest BCUT2D eigenvalue weighted by atomic mass is 16.4. The Kier molecular flexibility index (Phi) is 11.7. The third kappa shape index (κ3) is 8.83. The molecule has 208 valence electrons. The van der Waals surface area contributed by atoms with E-state index in [4.69, 9.17) is 16.6 Å². The molecule has 2 rings (SSSR count). The second-order valence-corrected chi connectivity index (χ2v) is 8.76. The standard InChI is InChI=1S/C24H34N6O8/c25-8-4-3-6-15(26)21(34)28-17(10-20(32)33)22(35)30-19(12-31)23(36)29-18(24(37)38)9-13-11-27-16-7-2-1-5-14(13)16/h1-2,5,7,11,15,17-19,27,31H,3-4,6,8-10,12,25-26H2,(H,28,34)(H,29,36)(H,30,35)(H,32,33)(H,37,38). The van der Waals surface area contributed by atoms with Gasteiger partial charge in [0.25, 0.3) is 0 Å². The molecule has 0 radical (unpaired) electrons. The Labute approximate surface area is 218 Å². The van der Waals surface area contributed by atoms with E-state index in [9.17, 15) is 34.2 Å². The average Bonchev–Trinajstić information content (AvgIpc) is 3.28. The lowest BCUT2D eigenvalue weighted by atomic mass is 10.0. The molecule has 0 aliphatic heterocycles. The second kappa shape index (κ2) is 14.7. The number of nitrogens with two attached hydrogens (primary N) is 2. The van der Waals surface area contributed by atoms with Gasteiger partial charge in [0, 0.05) is 23.5 Å². The molecule has 4 unspecified atom stereocenters. The number of fused-ring (bicyclic) bond motifs is 1. The first-order valence-electron chi connectivity index (χ1n) is 12.0. The molecule has 11 N–H and O–H groups in total. The molecule has 0 aliphatic rings. The summed E-state index contributed by atoms with van der Waals surface area (Å²) >= 11 is 0. The highest BCUT2D eigenvalue weighted by Crippen LogP contribution is 2.19. The Morgan fingerprint density at radius 1 is 0.895 bits per heavy atom. The fraction of sp³-hybridized carbons (Fsp3) is 0.458. The molecule has 4 atom stereocenters. The third-order valence-electron chi connectivity index (χ3n) is 5.85. The second-order valence-electron chi connectivity index (χ2n) is 8.76. The van der Waals surface area contributed by atoms with Crippen LogP contribution in [-0.4, -0.2) is 87.3 Å². The van der Waals surface area contributed by atoms with Crippen molar-refractivity contribution in [1.82, 2.24) is 20.9 Å². The maximum Gasteiger partial charge on any atom is 0.326 e. The summed E-state index contributed by atoms with van der Waals surface area (Å²) in [6.45, 7) is -0.503. The Morgan fingerprint density at radius 2 is 1.53 bits per heavy atom. The number of unbranched alkanes of at least 4 members (excludes halogenated alkanes) is 1. The molecule has 14 nitrogen and oxygen atoms in total. The molecule has 0 spiro atoms. The molecule has 1 aromatic carbocycles. The predicted molar refractivity (Wildman–Crippen MR) is 136 cm³/mol. The van der Waals surface area contributed by atoms with E-state index in [1.54, 1.807) is 18.3 Å². The summed E-state index contributed by atoms with van der Waals surface area (Å²) in [5, 5.41) is 36.0. The van der Waals surface area contributed by atoms with Crippen LogP contribution < -0.4 is 27.4 Å². The van der Waals surface area contributed by atoms with E-state index < -0.39 is 66.9 Å². The third-order valence-corrected chi connectivity index (χ3v) is 5.85. The lowest BCUT2D eigenvalue weighted by Crippen LogP contribution is -2.58. The van der Waals surface area contributed by atoms with Gasteiger partial charge in [-0.1, -0.05) is 24.6 Å². The summed E-state index contributed by atoms with van der Waals surface area (Å²) in [4.78, 5) is 63.9. The molecular weight excluding hydrogens is 500 g/mol. The molecule has 2 aromatic rings. The van der Waals surface area contributed by atoms with Gasteiger partial charge in [-0.25, -0.2) is 4.79 Å². The normalized spacial score (nSPS) is 14.2. The number of aliphatic hydroxyl groups is 1. The van der Waals surface area contributed by atoms with Crippen molar-refractivity contribution in [2.45, 2.75) is 56.3 Å². The SMILES string of the molecule is NCCCCC(N)C(=O)NC(CC(=O)O)C(=O)NC(CO)C(=O)NC(Cc1c[nH]c2ccccc12)C(=O)O. The van der Waals surface area contributed by atoms with Crippen molar-refractivity contribution in [3.8, 4) is 0 Å². The van der Waals surface area contributed by atoms with Crippen molar-refractivity contribution in [1.29, 1.82) is 0 Å². The average molecular weight is 535 g/mol. The molecule has 0 saturated heterocycles. The number of nitrogens with one attached hydrogen (secondary N) is 4. The maximum atomic E-state index is 12.7. The van der Waals surface area contributed by atoms with E-state index in [1.807, 2.05) is 12.1 Å². The van der Waals surface area contributed by atoms with Gasteiger partial charge in [-0.05, 0) is 31.0 Å². The van der Waals surface area contributed by atoms with Crippen LogP contribution in [0.5, 0.6) is 0 Å². The topological polar surface area (TPSA) is 250 Å². The highest BCUT2D eigenvalue weighted by Gasteiger charge is 2.31. The summed E-state index contributed by atoms with van der Waals surface area (Å²) in [7, 11) is 0. The number of amides is 3. The minimum absolute atomic E-state index is 0.0864. The first kappa shape index (κ1) is 30.2. The smallest absolute Gasteiger partial charge is 0.326 e. The summed E-state index contributed by atoms with van der Waals surface area (Å²) < 4.78 is 0. The van der Waals surface area contributed by atoms with Gasteiger partial charge in [-0.3, -0.25) is 19.2 Å². The van der Waals surface area contributed by atoms with Crippen LogP contribution in [0.15, 0.2) is 30.5 Å². The number of aliphatic hydroxyl groups excluding tert-OH is 1. The number of para-hydroxylation sites is 1. The van der Waals surface area contributed by atoms with Gasteiger partial charge in [0.05, 0.1) is 19.1 Å². The lowest BCUT2D eigenvalue weighted by Gasteiger charge is -2.23. The molecule has 0 bridgehead atoms. The van der Waals surface area contributed by atoms with Crippen molar-refractivity contribution < 1.29 is 39.3 Å². The molecule has 38 heavy (non-hydrogen) atoms. The molecule has 0 saturated carbocycles. The molecule has 1 heterocycles. The number of benzene rings is 1. The number of aromatic amines is 1. The molecule has 3 amide bonds. The number of H-pyrrole nitrogens is 1. The van der Waals surface area contributed by atoms with Gasteiger partial charge in [0.2, 0.25) is 17.7 Å². The van der Waals surface area contributed by atoms with E-state index in [2.05, 4.69) is 20.9 Å². The van der Waals surface area contributed by atoms with Crippen molar-refractivity contribution in [3.63, 3.8) is 0 Å². The fourth-order valence-corrected chi connectivity index (χ4v) is 3.76. The van der Waals surface area contributed by atoms with E-state index in [1.165, 1.54) is 0 Å². The largest absolute Gasteiger partial charge is 0.481 e. The number of hydrogen-bond donors (Lipinski definition) is 9. The lowest BCUT2D eigenvalue weighted by molar-refractivity contribution is -0.143. The first-order chi connectivity index (χ1) is 18.1. The highest BCUT2D eigenvalue weighted by molar-refractivity contribution is 5.96. The zero-order valence-electron chi connectivity index (χ0n) is 20.7. The molecule has 0 fully saturated rings. The van der Waals surface area contributed by atoms with Gasteiger partial charge in [0.1, 0.15) is 18.1 Å². The Balaban J connectivity index is 2.06. The van der Waals surface area contributed by atoms with Gasteiger partial charge in [-0.15, -0.1) is 0 Å². The number of rotatable bonds is 16. The molecule has 14 heteroatoms. The number of aliphatic carboxylic acids is 2. The van der Waals surface area contributed by atoms with E-state index in [0.29, 0.717) is 24.9 Å². The number of aromatic nitrogens is 1. The van der Waals surface area contributed by atoms with E-state index in [0.717, 1.165) is 10.9 Å². The predicted octanol–water partition coefficient (Wildman–Crippen LogP) is -1.83. The Bertz CT molecular complexity index is 1140. The number of carboxylic acids is 2. The Hall–Kier alpha value is -4.01. The van der Waals surface area contributed by atoms with Crippen molar-refractivity contribution in [3.05, 3.63) is 36.0 Å². The van der Waals surface area contributed by atoms with Crippen LogP contribution in [0.3, 0.4) is 0 Å². The van der Waals surface area contributed by atoms with Crippen LogP contribution in [-0.2, 0) is 30.4 Å². The van der Waals surface area contributed by atoms with Crippen molar-refractivity contribution in [2.24, 2.45) is 11.5 Å². The number of carbonyl (C=O) groups is 5. The number of carboxylic acid groups (broad SMARTS) is 2. The minimum Gasteiger partial charge on any atom is -0.481 e. The van der Waals surface area contributed by atoms with Crippen LogP contribution in [0.1, 0.15) is 31.2 Å². The quantitative estimate of drug-likeness (QED) is 0.109. The summed E-state index contributed by atoms with van der Waals surface area (Å²) in [5.41, 5.74) is 12.6. The zero-order valence-corrected chi connectivity index (χ0v) is 20.7. The van der Waals surface area contributed by atoms with Crippen LogP contribution in [0.4, 0.5) is 0 Å². The summed E-state index contributed by atoms with van der Waals surface area (Å²) in [6.07, 6.45) is 2.17. The van der Waals surface area contributed by atoms with Crippen molar-refractivity contribution >= 4 is 40.6 Å². The van der Waals surface area contributed by atoms with E-state index in [-0.39, 0.29) is 12.8 Å². The fourth-order valence-electron chi connectivity index (χ4n) is 3.76. The van der Waals surface area contributed by atoms with Crippen LogP contribution in [0.2, 0.25) is 0 Å².